The van der Waals surface area contributed by atoms with Crippen LogP contribution in [-0.4, -0.2) is 36.8 Å². The molecule has 1 amide bonds. The lowest BCUT2D eigenvalue weighted by Crippen LogP contribution is -2.42. The predicted octanol–water partition coefficient (Wildman–Crippen LogP) is 2.81. The highest BCUT2D eigenvalue weighted by atomic mass is 16.5. The Bertz CT molecular complexity index is 572. The van der Waals surface area contributed by atoms with E-state index in [1.807, 2.05) is 56.5 Å². The number of rotatable bonds is 5. The summed E-state index contributed by atoms with van der Waals surface area (Å²) in [5, 5.41) is 0. The predicted molar refractivity (Wildman–Crippen MR) is 89.1 cm³/mol. The summed E-state index contributed by atoms with van der Waals surface area (Å²) in [7, 11) is 1.62. The molecule has 1 aliphatic heterocycles. The first-order valence-corrected chi connectivity index (χ1v) is 7.20. The zero-order chi connectivity index (χ0) is 15.9. The van der Waals surface area contributed by atoms with Gasteiger partial charge in [-0.25, -0.2) is 4.99 Å². The SMILES string of the molecule is COc1ccc(N(C(=O)CN2C=CC=CN=C2)C(C)C)cc1. The van der Waals surface area contributed by atoms with E-state index in [0.717, 1.165) is 11.4 Å². The summed E-state index contributed by atoms with van der Waals surface area (Å²) in [4.78, 5) is 20.3. The Morgan fingerprint density at radius 1 is 1.27 bits per heavy atom. The minimum Gasteiger partial charge on any atom is -0.497 e. The summed E-state index contributed by atoms with van der Waals surface area (Å²) < 4.78 is 5.16. The number of nitrogens with zero attached hydrogens (tertiary/aromatic N) is 3. The molecular weight excluding hydrogens is 278 g/mol. The first-order valence-electron chi connectivity index (χ1n) is 7.20. The van der Waals surface area contributed by atoms with Gasteiger partial charge in [-0.2, -0.15) is 0 Å². The van der Waals surface area contributed by atoms with Crippen LogP contribution >= 0.6 is 0 Å². The van der Waals surface area contributed by atoms with Crippen LogP contribution in [-0.2, 0) is 4.79 Å². The molecule has 0 radical (unpaired) electrons. The molecule has 0 bridgehead atoms. The quantitative estimate of drug-likeness (QED) is 0.840. The first-order chi connectivity index (χ1) is 10.6. The third kappa shape index (κ3) is 3.97. The fourth-order valence-corrected chi connectivity index (χ4v) is 2.22. The number of amides is 1. The number of carbonyl (C=O) groups excluding carboxylic acids is 1. The van der Waals surface area contributed by atoms with Gasteiger partial charge in [0.05, 0.1) is 13.4 Å². The van der Waals surface area contributed by atoms with Crippen molar-refractivity contribution in [2.45, 2.75) is 19.9 Å². The molecule has 1 heterocycles. The van der Waals surface area contributed by atoms with Crippen LogP contribution in [0.3, 0.4) is 0 Å². The van der Waals surface area contributed by atoms with Gasteiger partial charge in [0.2, 0.25) is 5.91 Å². The van der Waals surface area contributed by atoms with E-state index in [1.54, 1.807) is 29.4 Å². The largest absolute Gasteiger partial charge is 0.497 e. The summed E-state index contributed by atoms with van der Waals surface area (Å²) in [5.41, 5.74) is 0.856. The maximum Gasteiger partial charge on any atom is 0.247 e. The van der Waals surface area contributed by atoms with Gasteiger partial charge < -0.3 is 14.5 Å². The van der Waals surface area contributed by atoms with Crippen LogP contribution in [0.1, 0.15) is 13.8 Å². The molecule has 1 aliphatic rings. The molecular formula is C17H21N3O2. The average Bonchev–Trinajstić information content (AvgIpc) is 2.76. The molecule has 116 valence electrons. The van der Waals surface area contributed by atoms with Crippen LogP contribution in [0, 0.1) is 0 Å². The third-order valence-corrected chi connectivity index (χ3v) is 3.23. The first kappa shape index (κ1) is 15.8. The molecule has 0 saturated heterocycles. The molecule has 1 aromatic rings. The van der Waals surface area contributed by atoms with Gasteiger partial charge >= 0.3 is 0 Å². The zero-order valence-corrected chi connectivity index (χ0v) is 13.1. The highest BCUT2D eigenvalue weighted by molar-refractivity contribution is 5.96. The van der Waals surface area contributed by atoms with E-state index in [-0.39, 0.29) is 18.5 Å². The molecule has 0 aromatic heterocycles. The molecule has 22 heavy (non-hydrogen) atoms. The Hall–Kier alpha value is -2.56. The van der Waals surface area contributed by atoms with E-state index in [2.05, 4.69) is 4.99 Å². The van der Waals surface area contributed by atoms with Gasteiger partial charge in [0.1, 0.15) is 12.3 Å². The van der Waals surface area contributed by atoms with Crippen LogP contribution < -0.4 is 9.64 Å². The molecule has 2 rings (SSSR count). The Labute approximate surface area is 131 Å². The summed E-state index contributed by atoms with van der Waals surface area (Å²) in [5.74, 6) is 0.784. The van der Waals surface area contributed by atoms with Crippen molar-refractivity contribution in [1.82, 2.24) is 4.90 Å². The molecule has 0 saturated carbocycles. The Morgan fingerprint density at radius 2 is 2.00 bits per heavy atom. The highest BCUT2D eigenvalue weighted by Crippen LogP contribution is 2.21. The van der Waals surface area contributed by atoms with Crippen molar-refractivity contribution in [3.63, 3.8) is 0 Å². The lowest BCUT2D eigenvalue weighted by Gasteiger charge is -2.28. The number of allylic oxidation sites excluding steroid dienone is 2. The van der Waals surface area contributed by atoms with E-state index < -0.39 is 0 Å². The van der Waals surface area contributed by atoms with Crippen molar-refractivity contribution in [3.05, 3.63) is 48.8 Å². The molecule has 5 heteroatoms. The fourth-order valence-electron chi connectivity index (χ4n) is 2.22. The van der Waals surface area contributed by atoms with Crippen LogP contribution in [0.2, 0.25) is 0 Å². The molecule has 0 spiro atoms. The van der Waals surface area contributed by atoms with E-state index in [1.165, 1.54) is 0 Å². The maximum absolute atomic E-state index is 12.7. The zero-order valence-electron chi connectivity index (χ0n) is 13.1. The van der Waals surface area contributed by atoms with Gasteiger partial charge in [-0.05, 0) is 50.3 Å². The molecule has 0 unspecified atom stereocenters. The normalized spacial score (nSPS) is 13.4. The molecule has 0 aliphatic carbocycles. The van der Waals surface area contributed by atoms with Crippen LogP contribution in [0.5, 0.6) is 5.75 Å². The minimum absolute atomic E-state index is 0.0122. The number of ether oxygens (including phenoxy) is 1. The molecule has 0 atom stereocenters. The fraction of sp³-hybridized carbons (Fsp3) is 0.294. The number of benzene rings is 1. The summed E-state index contributed by atoms with van der Waals surface area (Å²) in [6.45, 7) is 4.23. The monoisotopic (exact) mass is 299 g/mol. The Balaban J connectivity index is 2.14. The van der Waals surface area contributed by atoms with Gasteiger partial charge in [0, 0.05) is 24.1 Å². The van der Waals surface area contributed by atoms with Gasteiger partial charge in [-0.1, -0.05) is 0 Å². The summed E-state index contributed by atoms with van der Waals surface area (Å²) in [6, 6.07) is 7.56. The smallest absolute Gasteiger partial charge is 0.247 e. The van der Waals surface area contributed by atoms with Crippen molar-refractivity contribution in [2.24, 2.45) is 4.99 Å². The highest BCUT2D eigenvalue weighted by Gasteiger charge is 2.20. The number of hydrogen-bond acceptors (Lipinski definition) is 4. The molecule has 0 fully saturated rings. The number of aliphatic imine (C=N–C) groups is 1. The van der Waals surface area contributed by atoms with Crippen molar-refractivity contribution < 1.29 is 9.53 Å². The lowest BCUT2D eigenvalue weighted by atomic mass is 10.2. The number of methoxy groups -OCH3 is 1. The number of hydrogen-bond donors (Lipinski definition) is 0. The second-order valence-electron chi connectivity index (χ2n) is 5.18. The average molecular weight is 299 g/mol. The van der Waals surface area contributed by atoms with Crippen LogP contribution in [0.4, 0.5) is 5.69 Å². The van der Waals surface area contributed by atoms with Gasteiger partial charge in [0.15, 0.2) is 0 Å². The number of carbonyl (C=O) groups is 1. The topological polar surface area (TPSA) is 45.1 Å². The van der Waals surface area contributed by atoms with Crippen molar-refractivity contribution >= 4 is 17.9 Å². The van der Waals surface area contributed by atoms with Crippen molar-refractivity contribution in [1.29, 1.82) is 0 Å². The van der Waals surface area contributed by atoms with E-state index in [9.17, 15) is 4.79 Å². The van der Waals surface area contributed by atoms with E-state index in [4.69, 9.17) is 4.74 Å². The standard InChI is InChI=1S/C17H21N3O2/c1-14(2)20(15-6-8-16(22-3)9-7-15)17(21)12-19-11-5-4-10-18-13-19/h4-11,13-14H,12H2,1-3H3. The van der Waals surface area contributed by atoms with Crippen molar-refractivity contribution in [2.75, 3.05) is 18.6 Å². The summed E-state index contributed by atoms with van der Waals surface area (Å²) >= 11 is 0. The molecule has 5 nitrogen and oxygen atoms in total. The van der Waals surface area contributed by atoms with Crippen LogP contribution in [0.15, 0.2) is 53.8 Å². The Morgan fingerprint density at radius 3 is 2.64 bits per heavy atom. The maximum atomic E-state index is 12.7. The van der Waals surface area contributed by atoms with Crippen LogP contribution in [0.25, 0.3) is 0 Å². The van der Waals surface area contributed by atoms with Crippen molar-refractivity contribution in [3.8, 4) is 5.75 Å². The lowest BCUT2D eigenvalue weighted by molar-refractivity contribution is -0.118. The summed E-state index contributed by atoms with van der Waals surface area (Å²) in [6.07, 6.45) is 8.84. The van der Waals surface area contributed by atoms with Gasteiger partial charge in [-0.15, -0.1) is 0 Å². The van der Waals surface area contributed by atoms with E-state index in [0.29, 0.717) is 0 Å². The second kappa shape index (κ2) is 7.45. The Kier molecular flexibility index (Phi) is 5.36. The number of anilines is 1. The minimum atomic E-state index is 0.0122. The molecule has 1 aromatic carbocycles. The van der Waals surface area contributed by atoms with Gasteiger partial charge in [0.25, 0.3) is 0 Å². The third-order valence-electron chi connectivity index (χ3n) is 3.23. The van der Waals surface area contributed by atoms with E-state index >= 15 is 0 Å². The van der Waals surface area contributed by atoms with Gasteiger partial charge in [-0.3, -0.25) is 4.79 Å². The second-order valence-corrected chi connectivity index (χ2v) is 5.18. The molecule has 0 N–H and O–H groups in total.